The van der Waals surface area contributed by atoms with Crippen LogP contribution in [0.25, 0.3) is 0 Å². The lowest BCUT2D eigenvalue weighted by atomic mass is 10.2. The lowest BCUT2D eigenvalue weighted by molar-refractivity contribution is 0.0343. The summed E-state index contributed by atoms with van der Waals surface area (Å²) in [7, 11) is 0. The minimum atomic E-state index is 0.0870. The maximum Gasteiger partial charge on any atom is 0.0964 e. The van der Waals surface area contributed by atoms with Gasteiger partial charge in [0, 0.05) is 38.4 Å². The van der Waals surface area contributed by atoms with E-state index in [9.17, 15) is 0 Å². The summed E-state index contributed by atoms with van der Waals surface area (Å²) in [6, 6.07) is 0.404. The lowest BCUT2D eigenvalue weighted by Gasteiger charge is -2.29. The molecule has 1 fully saturated rings. The second-order valence-corrected chi connectivity index (χ2v) is 4.89. The molecular formula is C12H23N5O2. The van der Waals surface area contributed by atoms with Gasteiger partial charge < -0.3 is 15.2 Å². The average Bonchev–Trinajstić information content (AvgIpc) is 2.86. The van der Waals surface area contributed by atoms with Crippen LogP contribution < -0.4 is 5.32 Å². The van der Waals surface area contributed by atoms with Crippen LogP contribution in [0.2, 0.25) is 0 Å². The van der Waals surface area contributed by atoms with Gasteiger partial charge in [-0.2, -0.15) is 0 Å². The van der Waals surface area contributed by atoms with Crippen LogP contribution in [0.1, 0.15) is 12.6 Å². The second kappa shape index (κ2) is 7.54. The number of hydrogen-bond donors (Lipinski definition) is 2. The van der Waals surface area contributed by atoms with E-state index in [1.807, 2.05) is 6.20 Å². The minimum absolute atomic E-state index is 0.0870. The van der Waals surface area contributed by atoms with Gasteiger partial charge in [0.05, 0.1) is 32.1 Å². The Kier molecular flexibility index (Phi) is 5.71. The molecule has 19 heavy (non-hydrogen) atoms. The van der Waals surface area contributed by atoms with E-state index >= 15 is 0 Å². The summed E-state index contributed by atoms with van der Waals surface area (Å²) in [5, 5.41) is 20.2. The summed E-state index contributed by atoms with van der Waals surface area (Å²) in [6.45, 7) is 8.18. The molecule has 7 heteroatoms. The van der Waals surface area contributed by atoms with Crippen molar-refractivity contribution >= 4 is 0 Å². The zero-order valence-electron chi connectivity index (χ0n) is 11.5. The Labute approximate surface area is 113 Å². The van der Waals surface area contributed by atoms with Crippen molar-refractivity contribution in [2.24, 2.45) is 0 Å². The van der Waals surface area contributed by atoms with Crippen molar-refractivity contribution in [3.05, 3.63) is 11.9 Å². The largest absolute Gasteiger partial charge is 0.394 e. The maximum absolute atomic E-state index is 8.81. The van der Waals surface area contributed by atoms with Gasteiger partial charge in [0.15, 0.2) is 0 Å². The van der Waals surface area contributed by atoms with Crippen LogP contribution in [0.5, 0.6) is 0 Å². The maximum atomic E-state index is 8.81. The van der Waals surface area contributed by atoms with Crippen molar-refractivity contribution in [1.29, 1.82) is 0 Å². The molecule has 1 aliphatic rings. The van der Waals surface area contributed by atoms with Crippen molar-refractivity contribution in [3.63, 3.8) is 0 Å². The molecule has 2 heterocycles. The topological polar surface area (TPSA) is 75.4 Å². The molecule has 7 nitrogen and oxygen atoms in total. The molecule has 0 amide bonds. The SMILES string of the molecule is CC(CN1CCOCC1)NCc1cn(CCO)nn1. The minimum Gasteiger partial charge on any atom is -0.394 e. The Bertz CT molecular complexity index is 365. The molecule has 0 radical (unpaired) electrons. The standard InChI is InChI=1S/C12H23N5O2/c1-11(9-16-3-6-19-7-4-16)13-8-12-10-17(2-5-18)15-14-12/h10-11,13,18H,2-9H2,1H3. The summed E-state index contributed by atoms with van der Waals surface area (Å²) in [5.74, 6) is 0. The van der Waals surface area contributed by atoms with Crippen LogP contribution in [0.4, 0.5) is 0 Å². The van der Waals surface area contributed by atoms with E-state index < -0.39 is 0 Å². The Morgan fingerprint density at radius 3 is 3.00 bits per heavy atom. The molecule has 0 spiro atoms. The van der Waals surface area contributed by atoms with Gasteiger partial charge in [-0.25, -0.2) is 4.68 Å². The summed E-state index contributed by atoms with van der Waals surface area (Å²) in [6.07, 6.45) is 1.87. The number of aliphatic hydroxyl groups is 1. The Balaban J connectivity index is 1.68. The molecule has 1 aliphatic heterocycles. The number of aromatic nitrogens is 3. The van der Waals surface area contributed by atoms with E-state index in [1.165, 1.54) is 0 Å². The molecule has 0 aliphatic carbocycles. The zero-order valence-corrected chi connectivity index (χ0v) is 11.5. The van der Waals surface area contributed by atoms with Gasteiger partial charge in [-0.15, -0.1) is 5.10 Å². The van der Waals surface area contributed by atoms with Crippen LogP contribution in [-0.4, -0.2) is 70.5 Å². The normalized spacial score (nSPS) is 18.6. The third-order valence-electron chi connectivity index (χ3n) is 3.18. The smallest absolute Gasteiger partial charge is 0.0964 e. The highest BCUT2D eigenvalue weighted by Gasteiger charge is 2.13. The number of aliphatic hydroxyl groups excluding tert-OH is 1. The summed E-state index contributed by atoms with van der Waals surface area (Å²) in [5.41, 5.74) is 0.905. The highest BCUT2D eigenvalue weighted by atomic mass is 16.5. The van der Waals surface area contributed by atoms with E-state index in [0.29, 0.717) is 19.1 Å². The molecule has 2 rings (SSSR count). The number of morpholine rings is 1. The highest BCUT2D eigenvalue weighted by molar-refractivity contribution is 4.92. The number of rotatable bonds is 7. The number of ether oxygens (including phenoxy) is 1. The highest BCUT2D eigenvalue weighted by Crippen LogP contribution is 1.99. The van der Waals surface area contributed by atoms with Crippen LogP contribution in [0.15, 0.2) is 6.20 Å². The first-order valence-corrected chi connectivity index (χ1v) is 6.81. The fraction of sp³-hybridized carbons (Fsp3) is 0.833. The van der Waals surface area contributed by atoms with Crippen molar-refractivity contribution in [1.82, 2.24) is 25.2 Å². The van der Waals surface area contributed by atoms with Gasteiger partial charge in [-0.05, 0) is 6.92 Å². The lowest BCUT2D eigenvalue weighted by Crippen LogP contribution is -2.44. The molecule has 1 saturated heterocycles. The first kappa shape index (κ1) is 14.4. The number of hydrogen-bond acceptors (Lipinski definition) is 6. The fourth-order valence-electron chi connectivity index (χ4n) is 2.15. The van der Waals surface area contributed by atoms with Crippen molar-refractivity contribution < 1.29 is 9.84 Å². The van der Waals surface area contributed by atoms with E-state index in [1.54, 1.807) is 4.68 Å². The summed E-state index contributed by atoms with van der Waals surface area (Å²) in [4.78, 5) is 2.41. The average molecular weight is 269 g/mol. The molecule has 1 atom stereocenters. The van der Waals surface area contributed by atoms with Crippen molar-refractivity contribution in [2.75, 3.05) is 39.5 Å². The monoisotopic (exact) mass is 269 g/mol. The Morgan fingerprint density at radius 1 is 1.47 bits per heavy atom. The van der Waals surface area contributed by atoms with E-state index in [-0.39, 0.29) is 6.61 Å². The molecule has 1 aromatic rings. The van der Waals surface area contributed by atoms with Gasteiger partial charge in [-0.3, -0.25) is 4.90 Å². The summed E-state index contributed by atoms with van der Waals surface area (Å²) < 4.78 is 6.99. The Hall–Kier alpha value is -1.02. The fourth-order valence-corrected chi connectivity index (χ4v) is 2.15. The Morgan fingerprint density at radius 2 is 2.26 bits per heavy atom. The van der Waals surface area contributed by atoms with Crippen LogP contribution in [0.3, 0.4) is 0 Å². The molecule has 1 aromatic heterocycles. The van der Waals surface area contributed by atoms with Gasteiger partial charge in [0.2, 0.25) is 0 Å². The number of nitrogens with one attached hydrogen (secondary N) is 1. The van der Waals surface area contributed by atoms with Crippen LogP contribution in [0, 0.1) is 0 Å². The molecule has 0 bridgehead atoms. The van der Waals surface area contributed by atoms with E-state index in [0.717, 1.165) is 38.5 Å². The number of nitrogens with zero attached hydrogens (tertiary/aromatic N) is 4. The molecule has 1 unspecified atom stereocenters. The first-order chi connectivity index (χ1) is 9.28. The summed E-state index contributed by atoms with van der Waals surface area (Å²) >= 11 is 0. The zero-order chi connectivity index (χ0) is 13.5. The predicted octanol–water partition coefficient (Wildman–Crippen LogP) is -0.919. The van der Waals surface area contributed by atoms with Gasteiger partial charge in [0.25, 0.3) is 0 Å². The van der Waals surface area contributed by atoms with E-state index in [2.05, 4.69) is 27.5 Å². The van der Waals surface area contributed by atoms with Gasteiger partial charge in [-0.1, -0.05) is 5.21 Å². The van der Waals surface area contributed by atoms with Crippen LogP contribution in [-0.2, 0) is 17.8 Å². The van der Waals surface area contributed by atoms with Crippen molar-refractivity contribution in [3.8, 4) is 0 Å². The molecule has 108 valence electrons. The van der Waals surface area contributed by atoms with Gasteiger partial charge >= 0.3 is 0 Å². The molecule has 0 aromatic carbocycles. The van der Waals surface area contributed by atoms with Gasteiger partial charge in [0.1, 0.15) is 0 Å². The first-order valence-electron chi connectivity index (χ1n) is 6.81. The molecule has 2 N–H and O–H groups in total. The predicted molar refractivity (Wildman–Crippen MR) is 70.7 cm³/mol. The molecule has 0 saturated carbocycles. The third-order valence-corrected chi connectivity index (χ3v) is 3.18. The second-order valence-electron chi connectivity index (χ2n) is 4.89. The van der Waals surface area contributed by atoms with Crippen LogP contribution >= 0.6 is 0 Å². The molecular weight excluding hydrogens is 246 g/mol. The van der Waals surface area contributed by atoms with Crippen molar-refractivity contribution in [2.45, 2.75) is 26.1 Å². The third kappa shape index (κ3) is 4.87. The van der Waals surface area contributed by atoms with E-state index in [4.69, 9.17) is 9.84 Å². The quantitative estimate of drug-likeness (QED) is 0.667.